The van der Waals surface area contributed by atoms with E-state index in [9.17, 15) is 19.2 Å². The molecule has 10 heteroatoms. The maximum absolute atomic E-state index is 13.8. The van der Waals surface area contributed by atoms with Gasteiger partial charge in [0.25, 0.3) is 0 Å². The van der Waals surface area contributed by atoms with Gasteiger partial charge in [-0.1, -0.05) is 97.1 Å². The van der Waals surface area contributed by atoms with Crippen molar-refractivity contribution in [2.45, 2.75) is 25.2 Å². The van der Waals surface area contributed by atoms with E-state index in [-0.39, 0.29) is 35.0 Å². The molecule has 0 saturated heterocycles. The number of hydrogen-bond donors (Lipinski definition) is 0. The Kier molecular flexibility index (Phi) is 11.7. The molecule has 1 heterocycles. The molecule has 7 aromatic rings. The van der Waals surface area contributed by atoms with Crippen molar-refractivity contribution in [2.75, 3.05) is 0 Å². The van der Waals surface area contributed by atoms with Crippen molar-refractivity contribution in [3.8, 4) is 28.7 Å². The first kappa shape index (κ1) is 38.9. The van der Waals surface area contributed by atoms with Crippen LogP contribution in [0.3, 0.4) is 0 Å². The van der Waals surface area contributed by atoms with Crippen LogP contribution in [0.5, 0.6) is 28.7 Å². The Morgan fingerprint density at radius 1 is 0.483 bits per heavy atom. The average molecular weight is 797 g/mol. The third kappa shape index (κ3) is 9.41. The van der Waals surface area contributed by atoms with E-state index < -0.39 is 36.1 Å². The average Bonchev–Trinajstić information content (AvgIpc) is 3.30. The molecule has 0 N–H and O–H groups in total. The molecule has 2 atom stereocenters. The number of esters is 4. The van der Waals surface area contributed by atoms with E-state index in [2.05, 4.69) is 0 Å². The smallest absolute Gasteiger partial charge is 0.343 e. The highest BCUT2D eigenvalue weighted by molar-refractivity contribution is 5.93. The molecule has 0 saturated carbocycles. The van der Waals surface area contributed by atoms with Crippen molar-refractivity contribution in [3.63, 3.8) is 0 Å². The van der Waals surface area contributed by atoms with Gasteiger partial charge in [0.15, 0.2) is 6.10 Å². The second-order valence-electron chi connectivity index (χ2n) is 13.7. The molecule has 2 unspecified atom stereocenters. The number of ether oxygens (including phenoxy) is 6. The van der Waals surface area contributed by atoms with Gasteiger partial charge in [0.1, 0.15) is 41.5 Å². The molecule has 1 aliphatic heterocycles. The highest BCUT2D eigenvalue weighted by atomic mass is 16.6. The van der Waals surface area contributed by atoms with Crippen molar-refractivity contribution in [1.29, 1.82) is 0 Å². The van der Waals surface area contributed by atoms with Crippen LogP contribution in [0.15, 0.2) is 182 Å². The second-order valence-corrected chi connectivity index (χ2v) is 13.7. The zero-order chi connectivity index (χ0) is 41.3. The first-order valence-corrected chi connectivity index (χ1v) is 19.1. The lowest BCUT2D eigenvalue weighted by molar-refractivity contribution is -0.0189. The van der Waals surface area contributed by atoms with Crippen molar-refractivity contribution in [2.24, 2.45) is 0 Å². The van der Waals surface area contributed by atoms with Gasteiger partial charge in [-0.05, 0) is 83.9 Å². The summed E-state index contributed by atoms with van der Waals surface area (Å²) in [5.74, 6) is -1.23. The zero-order valence-electron chi connectivity index (χ0n) is 32.0. The fourth-order valence-electron chi connectivity index (χ4n) is 6.53. The molecule has 7 aromatic carbocycles. The molecule has 8 rings (SSSR count). The maximum atomic E-state index is 13.8. The molecule has 1 aliphatic rings. The number of fused-ring (bicyclic) bond motifs is 1. The summed E-state index contributed by atoms with van der Waals surface area (Å²) in [5, 5.41) is 0. The van der Waals surface area contributed by atoms with E-state index >= 15 is 0 Å². The van der Waals surface area contributed by atoms with Crippen LogP contribution in [0.1, 0.15) is 64.2 Å². The predicted molar refractivity (Wildman–Crippen MR) is 221 cm³/mol. The van der Waals surface area contributed by atoms with Gasteiger partial charge in [-0.15, -0.1) is 0 Å². The van der Waals surface area contributed by atoms with Crippen LogP contribution in [-0.2, 0) is 17.8 Å². The van der Waals surface area contributed by atoms with Crippen LogP contribution in [0.4, 0.5) is 0 Å². The normalized spacial score (nSPS) is 14.1. The Hall–Kier alpha value is -7.98. The summed E-state index contributed by atoms with van der Waals surface area (Å²) in [6.45, 7) is 0.361. The second kappa shape index (κ2) is 18.1. The fourth-order valence-corrected chi connectivity index (χ4v) is 6.53. The van der Waals surface area contributed by atoms with E-state index in [4.69, 9.17) is 28.4 Å². The van der Waals surface area contributed by atoms with Crippen molar-refractivity contribution in [3.05, 3.63) is 221 Å². The molecule has 0 bridgehead atoms. The lowest BCUT2D eigenvalue weighted by Gasteiger charge is -2.34. The SMILES string of the molecule is O=C(Oc1ccc(C2Oc3cc(OC(=O)c4ccccc4)cc(OC(=O)c4ccccc4)c3CC2OC(=O)c2ccc(OCc3ccccc3)cc2)cc1)c1ccccc1. The molecule has 0 aliphatic carbocycles. The standard InChI is InChI=1S/C50H36O10/c51-47(35-15-7-2-8-16-35)56-40-27-21-34(22-28-40)46-45(60-50(54)38-23-25-39(26-24-38)55-32-33-13-5-1-6-14-33)31-42-43(58-46)29-41(57-48(52)36-17-9-3-10-18-36)30-44(42)59-49(53)37-19-11-4-12-20-37/h1-30,45-46H,31-32H2. The molecular formula is C50H36O10. The van der Waals surface area contributed by atoms with Gasteiger partial charge in [0.05, 0.1) is 22.3 Å². The summed E-state index contributed by atoms with van der Waals surface area (Å²) in [5.41, 5.74) is 3.26. The van der Waals surface area contributed by atoms with Crippen LogP contribution >= 0.6 is 0 Å². The van der Waals surface area contributed by atoms with Gasteiger partial charge in [-0.2, -0.15) is 0 Å². The molecular weight excluding hydrogens is 761 g/mol. The van der Waals surface area contributed by atoms with E-state index in [1.165, 1.54) is 12.1 Å². The van der Waals surface area contributed by atoms with Crippen molar-refractivity contribution < 1.29 is 47.6 Å². The molecule has 60 heavy (non-hydrogen) atoms. The lowest BCUT2D eigenvalue weighted by atomic mass is 9.93. The van der Waals surface area contributed by atoms with Crippen LogP contribution < -0.4 is 23.7 Å². The van der Waals surface area contributed by atoms with Gasteiger partial charge in [-0.3, -0.25) is 0 Å². The summed E-state index contributed by atoms with van der Waals surface area (Å²) in [6, 6.07) is 51.5. The maximum Gasteiger partial charge on any atom is 0.343 e. The highest BCUT2D eigenvalue weighted by Crippen LogP contribution is 2.44. The Morgan fingerprint density at radius 3 is 1.53 bits per heavy atom. The number of carbonyl (C=O) groups excluding carboxylic acids is 4. The number of carbonyl (C=O) groups is 4. The van der Waals surface area contributed by atoms with E-state index in [0.29, 0.717) is 40.2 Å². The van der Waals surface area contributed by atoms with E-state index in [0.717, 1.165) is 5.56 Å². The summed E-state index contributed by atoms with van der Waals surface area (Å²) in [4.78, 5) is 53.2. The van der Waals surface area contributed by atoms with Gasteiger partial charge < -0.3 is 28.4 Å². The Balaban J connectivity index is 1.10. The molecule has 0 aromatic heterocycles. The third-order valence-electron chi connectivity index (χ3n) is 9.60. The third-order valence-corrected chi connectivity index (χ3v) is 9.60. The summed E-state index contributed by atoms with van der Waals surface area (Å²) >= 11 is 0. The minimum absolute atomic E-state index is 0.0407. The van der Waals surface area contributed by atoms with Crippen LogP contribution in [0.2, 0.25) is 0 Å². The summed E-state index contributed by atoms with van der Waals surface area (Å²) in [6.07, 6.45) is -1.82. The van der Waals surface area contributed by atoms with E-state index in [1.807, 2.05) is 30.3 Å². The predicted octanol–water partition coefficient (Wildman–Crippen LogP) is 9.82. The van der Waals surface area contributed by atoms with Gasteiger partial charge in [0.2, 0.25) is 0 Å². The van der Waals surface area contributed by atoms with Crippen molar-refractivity contribution >= 4 is 23.9 Å². The Bertz CT molecular complexity index is 2600. The Labute approximate surface area is 345 Å². The fraction of sp³-hybridized carbons (Fsp3) is 0.0800. The van der Waals surface area contributed by atoms with Crippen LogP contribution in [0.25, 0.3) is 0 Å². The monoisotopic (exact) mass is 796 g/mol. The first-order valence-electron chi connectivity index (χ1n) is 19.1. The van der Waals surface area contributed by atoms with Crippen molar-refractivity contribution in [1.82, 2.24) is 0 Å². The molecule has 0 fully saturated rings. The lowest BCUT2D eigenvalue weighted by Crippen LogP contribution is -2.35. The quantitative estimate of drug-likeness (QED) is 0.0872. The molecule has 0 amide bonds. The zero-order valence-corrected chi connectivity index (χ0v) is 32.0. The number of rotatable bonds is 12. The number of benzene rings is 7. The topological polar surface area (TPSA) is 124 Å². The largest absolute Gasteiger partial charge is 0.489 e. The van der Waals surface area contributed by atoms with Gasteiger partial charge in [-0.25, -0.2) is 19.2 Å². The summed E-state index contributed by atoms with van der Waals surface area (Å²) in [7, 11) is 0. The highest BCUT2D eigenvalue weighted by Gasteiger charge is 2.37. The van der Waals surface area contributed by atoms with E-state index in [1.54, 1.807) is 140 Å². The first-order chi connectivity index (χ1) is 29.4. The minimum atomic E-state index is -0.955. The molecule has 0 spiro atoms. The summed E-state index contributed by atoms with van der Waals surface area (Å²) < 4.78 is 36.1. The molecule has 10 nitrogen and oxygen atoms in total. The Morgan fingerprint density at radius 2 is 0.967 bits per heavy atom. The van der Waals surface area contributed by atoms with Gasteiger partial charge >= 0.3 is 23.9 Å². The minimum Gasteiger partial charge on any atom is -0.489 e. The van der Waals surface area contributed by atoms with Crippen LogP contribution in [0, 0.1) is 0 Å². The van der Waals surface area contributed by atoms with Crippen LogP contribution in [-0.4, -0.2) is 30.0 Å². The number of hydrogen-bond acceptors (Lipinski definition) is 10. The molecule has 296 valence electrons. The molecule has 0 radical (unpaired) electrons. The van der Waals surface area contributed by atoms with Gasteiger partial charge in [0, 0.05) is 24.1 Å².